The Morgan fingerprint density at radius 2 is 1.85 bits per heavy atom. The molecule has 8 heteroatoms. The Morgan fingerprint density at radius 1 is 1.15 bits per heavy atom. The van der Waals surface area contributed by atoms with Crippen LogP contribution in [0.5, 0.6) is 0 Å². The van der Waals surface area contributed by atoms with Crippen molar-refractivity contribution in [1.29, 1.82) is 0 Å². The van der Waals surface area contributed by atoms with Crippen molar-refractivity contribution in [1.82, 2.24) is 24.1 Å². The van der Waals surface area contributed by atoms with Crippen molar-refractivity contribution in [2.45, 2.75) is 37.8 Å². The number of rotatable bonds is 1. The fourth-order valence-corrected chi connectivity index (χ4v) is 2.88. The van der Waals surface area contributed by atoms with Crippen molar-refractivity contribution in [3.63, 3.8) is 0 Å². The lowest BCUT2D eigenvalue weighted by atomic mass is 9.93. The Bertz CT molecular complexity index is 772. The zero-order valence-electron chi connectivity index (χ0n) is 11.5. The van der Waals surface area contributed by atoms with E-state index >= 15 is 0 Å². The van der Waals surface area contributed by atoms with E-state index in [0.717, 1.165) is 23.8 Å². The first-order chi connectivity index (χ1) is 9.52. The third-order valence-electron chi connectivity index (χ3n) is 4.08. The van der Waals surface area contributed by atoms with Crippen LogP contribution in [0, 0.1) is 0 Å². The van der Waals surface area contributed by atoms with Gasteiger partial charge in [0.1, 0.15) is 0 Å². The fourth-order valence-electron chi connectivity index (χ4n) is 2.88. The Balaban J connectivity index is 2.28. The highest BCUT2D eigenvalue weighted by Gasteiger charge is 2.29. The SMILES string of the molecule is Cn1c(=O)c2c(nnn2C2CCCCC2O)n(C)c1=O. The summed E-state index contributed by atoms with van der Waals surface area (Å²) >= 11 is 0. The van der Waals surface area contributed by atoms with Gasteiger partial charge in [-0.15, -0.1) is 5.10 Å². The lowest BCUT2D eigenvalue weighted by Crippen LogP contribution is -2.38. The van der Waals surface area contributed by atoms with Crippen LogP contribution in [0.25, 0.3) is 11.2 Å². The van der Waals surface area contributed by atoms with E-state index in [9.17, 15) is 14.7 Å². The van der Waals surface area contributed by atoms with Gasteiger partial charge >= 0.3 is 5.69 Å². The Kier molecular flexibility index (Phi) is 2.97. The number of hydrogen-bond acceptors (Lipinski definition) is 5. The maximum absolute atomic E-state index is 12.3. The van der Waals surface area contributed by atoms with Gasteiger partial charge in [0, 0.05) is 14.1 Å². The zero-order valence-corrected chi connectivity index (χ0v) is 11.5. The number of aromatic nitrogens is 5. The molecule has 0 spiro atoms. The molecule has 0 bridgehead atoms. The molecule has 0 amide bonds. The van der Waals surface area contributed by atoms with Crippen molar-refractivity contribution < 1.29 is 5.11 Å². The van der Waals surface area contributed by atoms with Gasteiger partial charge in [0.05, 0.1) is 12.1 Å². The number of aliphatic hydroxyl groups excluding tert-OH is 1. The Morgan fingerprint density at radius 3 is 2.55 bits per heavy atom. The van der Waals surface area contributed by atoms with Gasteiger partial charge in [-0.2, -0.15) is 0 Å². The molecule has 1 fully saturated rings. The second-order valence-electron chi connectivity index (χ2n) is 5.33. The standard InChI is InChI=1S/C12H17N5O3/c1-15-10-9(11(19)16(2)12(15)20)17(14-13-10)7-5-3-4-6-8(7)18/h7-8,18H,3-6H2,1-2H3. The van der Waals surface area contributed by atoms with Crippen LogP contribution in [0.15, 0.2) is 9.59 Å². The molecular weight excluding hydrogens is 262 g/mol. The van der Waals surface area contributed by atoms with Crippen LogP contribution in [0.2, 0.25) is 0 Å². The van der Waals surface area contributed by atoms with E-state index in [2.05, 4.69) is 10.3 Å². The van der Waals surface area contributed by atoms with Crippen LogP contribution in [-0.4, -0.2) is 35.3 Å². The largest absolute Gasteiger partial charge is 0.391 e. The topological polar surface area (TPSA) is 94.9 Å². The van der Waals surface area contributed by atoms with Crippen LogP contribution < -0.4 is 11.2 Å². The van der Waals surface area contributed by atoms with Gasteiger partial charge in [-0.25, -0.2) is 9.48 Å². The average Bonchev–Trinajstić information content (AvgIpc) is 2.88. The summed E-state index contributed by atoms with van der Waals surface area (Å²) < 4.78 is 3.83. The van der Waals surface area contributed by atoms with Gasteiger partial charge in [-0.05, 0) is 12.8 Å². The first kappa shape index (κ1) is 13.0. The molecule has 8 nitrogen and oxygen atoms in total. The van der Waals surface area contributed by atoms with Crippen molar-refractivity contribution >= 4 is 11.2 Å². The smallest absolute Gasteiger partial charge is 0.332 e. The predicted molar refractivity (Wildman–Crippen MR) is 71.5 cm³/mol. The molecule has 2 aromatic heterocycles. The molecule has 1 saturated carbocycles. The van der Waals surface area contributed by atoms with Gasteiger partial charge in [0.15, 0.2) is 11.2 Å². The molecule has 1 aliphatic rings. The van der Waals surface area contributed by atoms with Gasteiger partial charge in [0.25, 0.3) is 5.56 Å². The maximum atomic E-state index is 12.3. The summed E-state index contributed by atoms with van der Waals surface area (Å²) in [5, 5.41) is 18.1. The van der Waals surface area contributed by atoms with E-state index < -0.39 is 17.4 Å². The quantitative estimate of drug-likeness (QED) is 0.745. The maximum Gasteiger partial charge on any atom is 0.332 e. The van der Waals surface area contributed by atoms with Crippen LogP contribution >= 0.6 is 0 Å². The van der Waals surface area contributed by atoms with Gasteiger partial charge in [0.2, 0.25) is 0 Å². The summed E-state index contributed by atoms with van der Waals surface area (Å²) in [6, 6.07) is -0.251. The highest BCUT2D eigenvalue weighted by molar-refractivity contribution is 5.68. The minimum absolute atomic E-state index is 0.251. The number of fused-ring (bicyclic) bond motifs is 1. The fraction of sp³-hybridized carbons (Fsp3) is 0.667. The summed E-state index contributed by atoms with van der Waals surface area (Å²) in [5.74, 6) is 0. The molecule has 2 heterocycles. The Labute approximate surface area is 114 Å². The molecule has 2 atom stereocenters. The van der Waals surface area contributed by atoms with Crippen molar-refractivity contribution in [2.75, 3.05) is 0 Å². The highest BCUT2D eigenvalue weighted by atomic mass is 16.3. The van der Waals surface area contributed by atoms with Gasteiger partial charge < -0.3 is 5.11 Å². The van der Waals surface area contributed by atoms with Crippen molar-refractivity contribution in [2.24, 2.45) is 14.1 Å². The molecule has 2 unspecified atom stereocenters. The number of aryl methyl sites for hydroxylation is 1. The summed E-state index contributed by atoms with van der Waals surface area (Å²) in [6.45, 7) is 0. The Hall–Kier alpha value is -1.96. The molecule has 2 aromatic rings. The van der Waals surface area contributed by atoms with Crippen LogP contribution in [0.1, 0.15) is 31.7 Å². The molecule has 1 N–H and O–H groups in total. The number of hydrogen-bond donors (Lipinski definition) is 1. The summed E-state index contributed by atoms with van der Waals surface area (Å²) in [7, 11) is 2.99. The third kappa shape index (κ3) is 1.71. The molecule has 108 valence electrons. The van der Waals surface area contributed by atoms with E-state index in [1.807, 2.05) is 0 Å². The van der Waals surface area contributed by atoms with Crippen molar-refractivity contribution in [3.05, 3.63) is 20.8 Å². The van der Waals surface area contributed by atoms with Gasteiger partial charge in [-0.3, -0.25) is 13.9 Å². The molecular formula is C12H17N5O3. The van der Waals surface area contributed by atoms with Crippen LogP contribution in [0.4, 0.5) is 0 Å². The molecule has 0 saturated heterocycles. The summed E-state index contributed by atoms with van der Waals surface area (Å²) in [5.41, 5.74) is -0.318. The van der Waals surface area contributed by atoms with E-state index in [1.54, 1.807) is 7.05 Å². The van der Waals surface area contributed by atoms with Crippen LogP contribution in [0.3, 0.4) is 0 Å². The highest BCUT2D eigenvalue weighted by Crippen LogP contribution is 2.29. The first-order valence-corrected chi connectivity index (χ1v) is 6.71. The van der Waals surface area contributed by atoms with Crippen LogP contribution in [-0.2, 0) is 14.1 Å². The normalized spacial score (nSPS) is 23.4. The van der Waals surface area contributed by atoms with E-state index in [1.165, 1.54) is 16.3 Å². The molecule has 20 heavy (non-hydrogen) atoms. The second-order valence-corrected chi connectivity index (χ2v) is 5.33. The predicted octanol–water partition coefficient (Wildman–Crippen LogP) is -0.695. The minimum atomic E-state index is -0.532. The lowest BCUT2D eigenvalue weighted by Gasteiger charge is -2.27. The van der Waals surface area contributed by atoms with E-state index in [4.69, 9.17) is 0 Å². The number of aliphatic hydroxyl groups is 1. The minimum Gasteiger partial charge on any atom is -0.391 e. The first-order valence-electron chi connectivity index (χ1n) is 6.71. The summed E-state index contributed by atoms with van der Waals surface area (Å²) in [4.78, 5) is 24.2. The molecule has 0 radical (unpaired) electrons. The third-order valence-corrected chi connectivity index (χ3v) is 4.08. The molecule has 0 aliphatic heterocycles. The monoisotopic (exact) mass is 279 g/mol. The van der Waals surface area contributed by atoms with E-state index in [-0.39, 0.29) is 17.2 Å². The molecule has 3 rings (SSSR count). The zero-order chi connectivity index (χ0) is 14.4. The second kappa shape index (κ2) is 4.55. The molecule has 1 aliphatic carbocycles. The molecule has 0 aromatic carbocycles. The number of nitrogens with zero attached hydrogens (tertiary/aromatic N) is 5. The van der Waals surface area contributed by atoms with Gasteiger partial charge in [-0.1, -0.05) is 18.1 Å². The summed E-state index contributed by atoms with van der Waals surface area (Å²) in [6.07, 6.45) is 2.87. The van der Waals surface area contributed by atoms with Crippen molar-refractivity contribution in [3.8, 4) is 0 Å². The average molecular weight is 279 g/mol. The lowest BCUT2D eigenvalue weighted by molar-refractivity contribution is 0.0705. The van der Waals surface area contributed by atoms with E-state index in [0.29, 0.717) is 6.42 Å².